The number of rotatable bonds is 2. The van der Waals surface area contributed by atoms with E-state index in [1.807, 2.05) is 18.0 Å². The Morgan fingerprint density at radius 1 is 1.35 bits per heavy atom. The highest BCUT2D eigenvalue weighted by atomic mass is 19.1. The molecule has 0 saturated carbocycles. The molecular formula is C13H19FN2O. The van der Waals surface area contributed by atoms with Crippen LogP contribution in [0.5, 0.6) is 0 Å². The van der Waals surface area contributed by atoms with Gasteiger partial charge in [-0.2, -0.15) is 0 Å². The van der Waals surface area contributed by atoms with Crippen molar-refractivity contribution in [1.82, 2.24) is 4.90 Å². The van der Waals surface area contributed by atoms with Gasteiger partial charge in [0.25, 0.3) is 0 Å². The summed E-state index contributed by atoms with van der Waals surface area (Å²) in [6, 6.07) is 6.92. The Morgan fingerprint density at radius 3 is 2.71 bits per heavy atom. The van der Waals surface area contributed by atoms with Gasteiger partial charge in [0.2, 0.25) is 0 Å². The number of hydrogen-bond donors (Lipinski definition) is 1. The summed E-state index contributed by atoms with van der Waals surface area (Å²) in [5.74, 6) is -0.220. The number of aliphatic hydroxyl groups is 1. The predicted octanol–water partition coefficient (Wildman–Crippen LogP) is 1.33. The monoisotopic (exact) mass is 238 g/mol. The molecule has 0 amide bonds. The number of benzene rings is 1. The van der Waals surface area contributed by atoms with Crippen LogP contribution < -0.4 is 4.90 Å². The number of halogens is 1. The largest absolute Gasteiger partial charge is 0.394 e. The van der Waals surface area contributed by atoms with Gasteiger partial charge in [0.15, 0.2) is 0 Å². The molecule has 0 spiro atoms. The number of likely N-dealkylation sites (N-methyl/N-ethyl adjacent to an activating group) is 1. The third-order valence-electron chi connectivity index (χ3n) is 3.31. The molecule has 1 fully saturated rings. The summed E-state index contributed by atoms with van der Waals surface area (Å²) in [6.07, 6.45) is 0. The number of piperazine rings is 1. The summed E-state index contributed by atoms with van der Waals surface area (Å²) in [4.78, 5) is 4.16. The lowest BCUT2D eigenvalue weighted by atomic mass is 10.1. The predicted molar refractivity (Wildman–Crippen MR) is 66.7 cm³/mol. The summed E-state index contributed by atoms with van der Waals surface area (Å²) >= 11 is 0. The van der Waals surface area contributed by atoms with Crippen molar-refractivity contribution >= 4 is 5.69 Å². The molecule has 1 saturated heterocycles. The van der Waals surface area contributed by atoms with E-state index >= 15 is 0 Å². The zero-order valence-electron chi connectivity index (χ0n) is 10.3. The quantitative estimate of drug-likeness (QED) is 0.842. The zero-order valence-corrected chi connectivity index (χ0v) is 10.3. The molecule has 17 heavy (non-hydrogen) atoms. The van der Waals surface area contributed by atoms with Gasteiger partial charge in [-0.05, 0) is 26.1 Å². The molecule has 0 bridgehead atoms. The molecule has 1 aliphatic heterocycles. The average Bonchev–Trinajstić information content (AvgIpc) is 2.29. The number of aliphatic hydroxyl groups excluding tert-OH is 1. The minimum absolute atomic E-state index is 0.0411. The fourth-order valence-electron chi connectivity index (χ4n) is 2.66. The lowest BCUT2D eigenvalue weighted by molar-refractivity contribution is 0.170. The Labute approximate surface area is 101 Å². The fraction of sp³-hybridized carbons (Fsp3) is 0.538. The zero-order chi connectivity index (χ0) is 12.4. The van der Waals surface area contributed by atoms with Crippen molar-refractivity contribution in [3.05, 3.63) is 30.1 Å². The second-order valence-electron chi connectivity index (χ2n) is 4.77. The molecule has 4 heteroatoms. The Kier molecular flexibility index (Phi) is 3.64. The first kappa shape index (κ1) is 12.3. The lowest BCUT2D eigenvalue weighted by Crippen LogP contribution is -2.58. The van der Waals surface area contributed by atoms with Crippen molar-refractivity contribution in [2.45, 2.75) is 19.0 Å². The van der Waals surface area contributed by atoms with E-state index in [9.17, 15) is 9.50 Å². The number of hydrogen-bond acceptors (Lipinski definition) is 3. The van der Waals surface area contributed by atoms with Gasteiger partial charge in [-0.15, -0.1) is 0 Å². The SMILES string of the molecule is CC1CN(C)CC(CO)N1c1ccccc1F. The van der Waals surface area contributed by atoms with Crippen LogP contribution >= 0.6 is 0 Å². The van der Waals surface area contributed by atoms with Crippen LogP contribution in [0.3, 0.4) is 0 Å². The molecule has 0 radical (unpaired) electrons. The highest BCUT2D eigenvalue weighted by molar-refractivity contribution is 5.50. The Morgan fingerprint density at radius 2 is 2.06 bits per heavy atom. The average molecular weight is 238 g/mol. The summed E-state index contributed by atoms with van der Waals surface area (Å²) in [6.45, 7) is 3.74. The van der Waals surface area contributed by atoms with Crippen LogP contribution in [0, 0.1) is 5.82 Å². The second kappa shape index (κ2) is 5.02. The van der Waals surface area contributed by atoms with Crippen LogP contribution in [0.15, 0.2) is 24.3 Å². The number of anilines is 1. The van der Waals surface area contributed by atoms with E-state index < -0.39 is 0 Å². The van der Waals surface area contributed by atoms with E-state index in [2.05, 4.69) is 11.8 Å². The Hall–Kier alpha value is -1.13. The molecule has 3 nitrogen and oxygen atoms in total. The third-order valence-corrected chi connectivity index (χ3v) is 3.31. The minimum Gasteiger partial charge on any atom is -0.394 e. The maximum absolute atomic E-state index is 13.8. The normalized spacial score (nSPS) is 26.2. The first-order chi connectivity index (χ1) is 8.13. The molecule has 2 atom stereocenters. The Bertz CT molecular complexity index is 385. The van der Waals surface area contributed by atoms with E-state index in [4.69, 9.17) is 0 Å². The summed E-state index contributed by atoms with van der Waals surface area (Å²) in [5, 5.41) is 9.46. The van der Waals surface area contributed by atoms with Crippen molar-refractivity contribution in [2.75, 3.05) is 31.6 Å². The highest BCUT2D eigenvalue weighted by Gasteiger charge is 2.31. The van der Waals surface area contributed by atoms with E-state index in [-0.39, 0.29) is 24.5 Å². The van der Waals surface area contributed by atoms with E-state index in [0.29, 0.717) is 5.69 Å². The van der Waals surface area contributed by atoms with Gasteiger partial charge >= 0.3 is 0 Å². The van der Waals surface area contributed by atoms with Crippen LogP contribution in [0.1, 0.15) is 6.92 Å². The molecule has 1 heterocycles. The Balaban J connectivity index is 2.31. The standard InChI is InChI=1S/C13H19FN2O/c1-10-7-15(2)8-11(9-17)16(10)13-6-4-3-5-12(13)14/h3-6,10-11,17H,7-9H2,1-2H3. The van der Waals surface area contributed by atoms with Crippen molar-refractivity contribution < 1.29 is 9.50 Å². The summed E-state index contributed by atoms with van der Waals surface area (Å²) in [5.41, 5.74) is 0.590. The van der Waals surface area contributed by atoms with Gasteiger partial charge in [-0.1, -0.05) is 12.1 Å². The molecule has 0 aliphatic carbocycles. The van der Waals surface area contributed by atoms with Crippen LogP contribution in [0.4, 0.5) is 10.1 Å². The van der Waals surface area contributed by atoms with Gasteiger partial charge < -0.3 is 14.9 Å². The van der Waals surface area contributed by atoms with Crippen LogP contribution in [0.25, 0.3) is 0 Å². The van der Waals surface area contributed by atoms with E-state index in [1.54, 1.807) is 12.1 Å². The molecule has 1 aliphatic rings. The molecule has 94 valence electrons. The molecule has 1 aromatic rings. The molecule has 1 aromatic carbocycles. The molecule has 0 aromatic heterocycles. The van der Waals surface area contributed by atoms with Crippen LogP contribution in [-0.4, -0.2) is 48.8 Å². The first-order valence-electron chi connectivity index (χ1n) is 5.95. The molecular weight excluding hydrogens is 219 g/mol. The van der Waals surface area contributed by atoms with Gasteiger partial charge in [0.1, 0.15) is 5.82 Å². The summed E-state index contributed by atoms with van der Waals surface area (Å²) < 4.78 is 13.8. The second-order valence-corrected chi connectivity index (χ2v) is 4.77. The molecule has 2 unspecified atom stereocenters. The van der Waals surface area contributed by atoms with Gasteiger partial charge in [-0.25, -0.2) is 4.39 Å². The van der Waals surface area contributed by atoms with Gasteiger partial charge in [0.05, 0.1) is 18.3 Å². The van der Waals surface area contributed by atoms with E-state index in [1.165, 1.54) is 6.07 Å². The van der Waals surface area contributed by atoms with Gasteiger partial charge in [0, 0.05) is 19.1 Å². The topological polar surface area (TPSA) is 26.7 Å². The van der Waals surface area contributed by atoms with Crippen molar-refractivity contribution in [1.29, 1.82) is 0 Å². The molecule has 2 rings (SSSR count). The number of para-hydroxylation sites is 1. The van der Waals surface area contributed by atoms with Crippen LogP contribution in [0.2, 0.25) is 0 Å². The van der Waals surface area contributed by atoms with E-state index in [0.717, 1.165) is 13.1 Å². The first-order valence-corrected chi connectivity index (χ1v) is 5.95. The van der Waals surface area contributed by atoms with Crippen molar-refractivity contribution in [3.63, 3.8) is 0 Å². The lowest BCUT2D eigenvalue weighted by Gasteiger charge is -2.45. The van der Waals surface area contributed by atoms with Crippen molar-refractivity contribution in [2.24, 2.45) is 0 Å². The van der Waals surface area contributed by atoms with Gasteiger partial charge in [-0.3, -0.25) is 0 Å². The summed E-state index contributed by atoms with van der Waals surface area (Å²) in [7, 11) is 2.03. The fourth-order valence-corrected chi connectivity index (χ4v) is 2.66. The minimum atomic E-state index is -0.220. The third kappa shape index (κ3) is 2.42. The maximum Gasteiger partial charge on any atom is 0.146 e. The molecule has 1 N–H and O–H groups in total. The maximum atomic E-state index is 13.8. The highest BCUT2D eigenvalue weighted by Crippen LogP contribution is 2.26. The smallest absolute Gasteiger partial charge is 0.146 e. The number of nitrogens with zero attached hydrogens (tertiary/aromatic N) is 2. The van der Waals surface area contributed by atoms with Crippen molar-refractivity contribution in [3.8, 4) is 0 Å². The van der Waals surface area contributed by atoms with Crippen LogP contribution in [-0.2, 0) is 0 Å².